The Kier molecular flexibility index (Phi) is 5.07. The van der Waals surface area contributed by atoms with Gasteiger partial charge in [-0.1, -0.05) is 0 Å². The van der Waals surface area contributed by atoms with Gasteiger partial charge in [0, 0.05) is 28.4 Å². The summed E-state index contributed by atoms with van der Waals surface area (Å²) in [5.74, 6) is -0.169. The highest BCUT2D eigenvalue weighted by Gasteiger charge is 2.19. The third-order valence-corrected chi connectivity index (χ3v) is 3.96. The maximum atomic E-state index is 14.8. The number of aryl methyl sites for hydroxylation is 1. The zero-order valence-corrected chi connectivity index (χ0v) is 15.1. The highest BCUT2D eigenvalue weighted by Crippen LogP contribution is 2.29. The molecule has 8 heteroatoms. The van der Waals surface area contributed by atoms with E-state index in [2.05, 4.69) is 15.0 Å². The fourth-order valence-corrected chi connectivity index (χ4v) is 2.70. The topological polar surface area (TPSA) is 103 Å². The van der Waals surface area contributed by atoms with E-state index in [1.54, 1.807) is 25.3 Å². The zero-order chi connectivity index (χ0) is 19.6. The van der Waals surface area contributed by atoms with Gasteiger partial charge in [0.15, 0.2) is 17.3 Å². The number of benzene rings is 1. The van der Waals surface area contributed by atoms with Crippen molar-refractivity contribution >= 4 is 28.9 Å². The second-order valence-electron chi connectivity index (χ2n) is 6.10. The van der Waals surface area contributed by atoms with Crippen LogP contribution in [0.3, 0.4) is 0 Å². The number of halogens is 1. The summed E-state index contributed by atoms with van der Waals surface area (Å²) in [5, 5.41) is 7.68. The lowest BCUT2D eigenvalue weighted by Gasteiger charge is -2.10. The molecule has 0 aliphatic rings. The van der Waals surface area contributed by atoms with E-state index in [1.165, 1.54) is 13.0 Å². The molecule has 7 nitrogen and oxygen atoms in total. The van der Waals surface area contributed by atoms with E-state index in [-0.39, 0.29) is 24.0 Å². The van der Waals surface area contributed by atoms with Crippen LogP contribution in [0.4, 0.5) is 4.39 Å². The van der Waals surface area contributed by atoms with Crippen molar-refractivity contribution in [2.45, 2.75) is 20.8 Å². The van der Waals surface area contributed by atoms with Gasteiger partial charge in [0.25, 0.3) is 0 Å². The van der Waals surface area contributed by atoms with Gasteiger partial charge in [-0.3, -0.25) is 10.2 Å². The van der Waals surface area contributed by atoms with Gasteiger partial charge < -0.3 is 19.4 Å². The number of H-pyrrole nitrogens is 2. The number of hydrogen-bond acceptors (Lipinski definition) is 4. The van der Waals surface area contributed by atoms with Crippen LogP contribution in [0.5, 0.6) is 11.5 Å². The van der Waals surface area contributed by atoms with E-state index in [1.807, 2.05) is 6.92 Å². The molecule has 27 heavy (non-hydrogen) atoms. The average molecular weight is 370 g/mol. The number of carbonyl (C=O) groups excluding carboxylic acids is 1. The number of fused-ring (bicyclic) bond motifs is 1. The Bertz CT molecular complexity index is 1050. The summed E-state index contributed by atoms with van der Waals surface area (Å²) in [6, 6.07) is 4.91. The Hall–Kier alpha value is -3.42. The molecule has 0 spiro atoms. The number of hydrogen-bond donors (Lipinski definition) is 3. The molecule has 1 aromatic carbocycles. The highest BCUT2D eigenvalue weighted by molar-refractivity contribution is 6.00. The van der Waals surface area contributed by atoms with Crippen molar-refractivity contribution in [3.63, 3.8) is 0 Å². The molecule has 0 radical (unpaired) electrons. The number of nitrogens with one attached hydrogen (secondary N) is 3. The molecular weight excluding hydrogens is 351 g/mol. The Morgan fingerprint density at radius 1 is 1.33 bits per heavy atom. The van der Waals surface area contributed by atoms with Crippen LogP contribution in [0.2, 0.25) is 0 Å². The first-order chi connectivity index (χ1) is 12.9. The molecule has 2 aromatic heterocycles. The lowest BCUT2D eigenvalue weighted by atomic mass is 10.2. The number of aromatic amines is 2. The molecule has 0 aliphatic carbocycles. The van der Waals surface area contributed by atoms with Crippen LogP contribution >= 0.6 is 0 Å². The molecule has 0 fully saturated rings. The standard InChI is InChI=1S/C19H19FN4O3/c1-10-6-13-14(24-10)4-5-15(17(13)20)27-19(23-9-21)18-12(3)16(7-22-18)26-8-11(2)25/h4-7,9,21-22,24H,8H2,1-3H3. The van der Waals surface area contributed by atoms with Crippen molar-refractivity contribution in [1.29, 1.82) is 5.41 Å². The Labute approximate surface area is 154 Å². The molecule has 2 heterocycles. The molecule has 3 rings (SSSR count). The minimum atomic E-state index is -0.521. The average Bonchev–Trinajstić information content (AvgIpc) is 3.17. The first kappa shape index (κ1) is 18.4. The lowest BCUT2D eigenvalue weighted by Crippen LogP contribution is -2.14. The lowest BCUT2D eigenvalue weighted by molar-refractivity contribution is -0.118. The molecular formula is C19H19FN4O3. The Balaban J connectivity index is 1.94. The second kappa shape index (κ2) is 7.45. The molecule has 0 aliphatic heterocycles. The molecule has 0 bridgehead atoms. The quantitative estimate of drug-likeness (QED) is 0.456. The van der Waals surface area contributed by atoms with E-state index in [9.17, 15) is 9.18 Å². The van der Waals surface area contributed by atoms with Crippen molar-refractivity contribution in [1.82, 2.24) is 9.97 Å². The van der Waals surface area contributed by atoms with Crippen molar-refractivity contribution < 1.29 is 18.7 Å². The molecule has 3 N–H and O–H groups in total. The number of rotatable bonds is 6. The molecule has 0 saturated heterocycles. The Morgan fingerprint density at radius 3 is 2.81 bits per heavy atom. The van der Waals surface area contributed by atoms with E-state index < -0.39 is 5.82 Å². The monoisotopic (exact) mass is 370 g/mol. The zero-order valence-electron chi connectivity index (χ0n) is 15.1. The maximum absolute atomic E-state index is 14.8. The first-order valence-corrected chi connectivity index (χ1v) is 8.23. The second-order valence-corrected chi connectivity index (χ2v) is 6.10. The maximum Gasteiger partial charge on any atom is 0.245 e. The number of aliphatic imine (C=N–C) groups is 1. The minimum absolute atomic E-state index is 0.0118. The fourth-order valence-electron chi connectivity index (χ4n) is 2.70. The smallest absolute Gasteiger partial charge is 0.245 e. The number of ketones is 1. The van der Waals surface area contributed by atoms with E-state index in [0.29, 0.717) is 27.9 Å². The van der Waals surface area contributed by atoms with Crippen molar-refractivity contribution in [2.24, 2.45) is 4.99 Å². The van der Waals surface area contributed by atoms with Gasteiger partial charge >= 0.3 is 0 Å². The molecule has 140 valence electrons. The van der Waals surface area contributed by atoms with Gasteiger partial charge in [0.05, 0.1) is 0 Å². The number of carbonyl (C=O) groups is 1. The van der Waals surface area contributed by atoms with Crippen molar-refractivity contribution in [3.8, 4) is 11.5 Å². The Morgan fingerprint density at radius 2 is 2.11 bits per heavy atom. The molecule has 0 unspecified atom stereocenters. The summed E-state index contributed by atoms with van der Waals surface area (Å²) >= 11 is 0. The number of nitrogens with zero attached hydrogens (tertiary/aromatic N) is 1. The van der Waals surface area contributed by atoms with Gasteiger partial charge in [-0.15, -0.1) is 0 Å². The first-order valence-electron chi connectivity index (χ1n) is 8.23. The van der Waals surface area contributed by atoms with Crippen LogP contribution in [0.25, 0.3) is 10.9 Å². The number of Topliss-reactive ketones (excluding diaryl/α,β-unsaturated/α-hetero) is 1. The van der Waals surface area contributed by atoms with Gasteiger partial charge in [0.1, 0.15) is 24.4 Å². The number of aromatic nitrogens is 2. The van der Waals surface area contributed by atoms with E-state index in [4.69, 9.17) is 14.9 Å². The van der Waals surface area contributed by atoms with E-state index in [0.717, 1.165) is 12.0 Å². The van der Waals surface area contributed by atoms with Crippen LogP contribution in [-0.4, -0.2) is 34.6 Å². The van der Waals surface area contributed by atoms with Crippen molar-refractivity contribution in [2.75, 3.05) is 6.61 Å². The third-order valence-electron chi connectivity index (χ3n) is 3.96. The predicted octanol–water partition coefficient (Wildman–Crippen LogP) is 3.65. The van der Waals surface area contributed by atoms with E-state index >= 15 is 0 Å². The SMILES string of the molecule is CC(=O)COc1c[nH]c(C(=NC=N)Oc2ccc3[nH]c(C)cc3c2F)c1C. The summed E-state index contributed by atoms with van der Waals surface area (Å²) in [6.07, 6.45) is 2.37. The molecule has 0 saturated carbocycles. The van der Waals surface area contributed by atoms with Gasteiger partial charge in [-0.05, 0) is 39.0 Å². The van der Waals surface area contributed by atoms with Crippen molar-refractivity contribution in [3.05, 3.63) is 47.2 Å². The summed E-state index contributed by atoms with van der Waals surface area (Å²) in [4.78, 5) is 21.0. The molecule has 3 aromatic rings. The summed E-state index contributed by atoms with van der Waals surface area (Å²) in [5.41, 5.74) is 2.57. The minimum Gasteiger partial charge on any atom is -0.484 e. The van der Waals surface area contributed by atoms with Gasteiger partial charge in [-0.2, -0.15) is 0 Å². The normalized spacial score (nSPS) is 11.6. The number of ether oxygens (including phenoxy) is 2. The summed E-state index contributed by atoms with van der Waals surface area (Å²) in [7, 11) is 0. The predicted molar refractivity (Wildman–Crippen MR) is 101 cm³/mol. The van der Waals surface area contributed by atoms with Crippen LogP contribution in [-0.2, 0) is 4.79 Å². The molecule has 0 amide bonds. The largest absolute Gasteiger partial charge is 0.484 e. The van der Waals surface area contributed by atoms with Crippen LogP contribution in [0.1, 0.15) is 23.9 Å². The molecule has 0 atom stereocenters. The third kappa shape index (κ3) is 3.74. The summed E-state index contributed by atoms with van der Waals surface area (Å²) < 4.78 is 25.9. The fraction of sp³-hybridized carbons (Fsp3) is 0.211. The highest BCUT2D eigenvalue weighted by atomic mass is 19.1. The van der Waals surface area contributed by atoms with Crippen LogP contribution < -0.4 is 9.47 Å². The van der Waals surface area contributed by atoms with Gasteiger partial charge in [-0.25, -0.2) is 9.38 Å². The summed E-state index contributed by atoms with van der Waals surface area (Å²) in [6.45, 7) is 4.95. The van der Waals surface area contributed by atoms with Crippen LogP contribution in [0.15, 0.2) is 29.4 Å². The van der Waals surface area contributed by atoms with Crippen LogP contribution in [0, 0.1) is 25.1 Å². The van der Waals surface area contributed by atoms with Gasteiger partial charge in [0.2, 0.25) is 5.90 Å².